The van der Waals surface area contributed by atoms with Crippen molar-refractivity contribution in [1.29, 1.82) is 0 Å². The second kappa shape index (κ2) is 15.0. The highest BCUT2D eigenvalue weighted by molar-refractivity contribution is 5.89. The zero-order valence-electron chi connectivity index (χ0n) is 19.9. The lowest BCUT2D eigenvalue weighted by molar-refractivity contribution is -0.354. The van der Waals surface area contributed by atoms with Gasteiger partial charge < -0.3 is 20.2 Å². The molecule has 0 saturated carbocycles. The van der Waals surface area contributed by atoms with Gasteiger partial charge in [0.25, 0.3) is 0 Å². The molecule has 0 bridgehead atoms. The second-order valence-electron chi connectivity index (χ2n) is 7.23. The lowest BCUT2D eigenvalue weighted by Gasteiger charge is -2.02. The highest BCUT2D eigenvalue weighted by Crippen LogP contribution is 2.11. The Morgan fingerprint density at radius 2 is 1.22 bits per heavy atom. The molecule has 0 aliphatic rings. The number of hydrogen-bond acceptors (Lipinski definition) is 6. The number of nitrogens with zero attached hydrogens (tertiary/aromatic N) is 1. The normalized spacial score (nSPS) is 10.1. The Morgan fingerprint density at radius 3 is 1.62 bits per heavy atom. The lowest BCUT2D eigenvalue weighted by atomic mass is 10.1. The number of carbonyl (C=O) groups is 2. The number of carboxylic acid groups (broad SMARTS) is 2. The van der Waals surface area contributed by atoms with E-state index in [0.29, 0.717) is 22.7 Å². The fraction of sp³-hybridized carbons (Fsp3) is 0.0357. The number of aromatic carboxylic acids is 2. The lowest BCUT2D eigenvalue weighted by Crippen LogP contribution is -2.00. The van der Waals surface area contributed by atoms with E-state index in [1.165, 1.54) is 37.6 Å². The van der Waals surface area contributed by atoms with Gasteiger partial charge in [0.2, 0.25) is 5.69 Å². The number of para-hydroxylation sites is 2. The van der Waals surface area contributed by atoms with Crippen molar-refractivity contribution >= 4 is 29.5 Å². The topological polar surface area (TPSA) is 142 Å². The van der Waals surface area contributed by atoms with Crippen molar-refractivity contribution in [2.75, 3.05) is 12.6 Å². The smallest absolute Gasteiger partial charge is 0.335 e. The van der Waals surface area contributed by atoms with Crippen molar-refractivity contribution in [3.63, 3.8) is 0 Å². The van der Waals surface area contributed by atoms with Crippen molar-refractivity contribution in [2.45, 2.75) is 0 Å². The van der Waals surface area contributed by atoms with Gasteiger partial charge in [-0.3, -0.25) is 10.7 Å². The van der Waals surface area contributed by atoms with Gasteiger partial charge in [0.1, 0.15) is 5.75 Å². The standard InChI is InChI=1S/C14H11NO3.C8H8O3.C6H7NO/c16-14(17)12-8-6-11(7-9-12)10-15(18)13-4-2-1-3-5-13;1-11-7-4-2-6(3-5-7)8(9)10;8-7-6-4-2-1-3-5-6/h1-10H,(H,16,17);2-5H,1H3,(H,9,10);1-5,7-8H/b15-10-;;. The third-order valence-corrected chi connectivity index (χ3v) is 4.67. The number of hydrogen-bond donors (Lipinski definition) is 4. The molecule has 0 fully saturated rings. The molecule has 4 rings (SSSR count). The Bertz CT molecular complexity index is 1280. The molecule has 0 amide bonds. The Kier molecular flexibility index (Phi) is 11.4. The van der Waals surface area contributed by atoms with E-state index in [2.05, 4.69) is 0 Å². The van der Waals surface area contributed by atoms with Gasteiger partial charge in [-0.05, 0) is 60.7 Å². The molecular formula is C28H26N2O7. The first-order valence-corrected chi connectivity index (χ1v) is 10.9. The summed E-state index contributed by atoms with van der Waals surface area (Å²) in [4.78, 5) is 21.0. The maximum absolute atomic E-state index is 11.8. The predicted octanol–water partition coefficient (Wildman–Crippen LogP) is 5.53. The fourth-order valence-electron chi connectivity index (χ4n) is 2.74. The number of rotatable bonds is 6. The van der Waals surface area contributed by atoms with E-state index >= 15 is 0 Å². The molecule has 4 aromatic carbocycles. The average Bonchev–Trinajstić information content (AvgIpc) is 2.95. The van der Waals surface area contributed by atoms with Gasteiger partial charge in [-0.25, -0.2) is 9.59 Å². The summed E-state index contributed by atoms with van der Waals surface area (Å²) in [5, 5.41) is 37.3. The van der Waals surface area contributed by atoms with E-state index in [4.69, 9.17) is 20.2 Å². The SMILES string of the molecule is COc1ccc(C(=O)O)cc1.O=C(O)c1ccc(/C=[N+](\[O-])c2ccccc2)cc1.ONc1ccccc1. The number of benzene rings is 4. The van der Waals surface area contributed by atoms with Crippen LogP contribution in [0.15, 0.2) is 109 Å². The van der Waals surface area contributed by atoms with Crippen molar-refractivity contribution in [2.24, 2.45) is 0 Å². The van der Waals surface area contributed by atoms with Gasteiger partial charge in [-0.1, -0.05) is 36.4 Å². The molecule has 0 aliphatic heterocycles. The van der Waals surface area contributed by atoms with Crippen LogP contribution in [0.3, 0.4) is 0 Å². The third kappa shape index (κ3) is 9.93. The molecule has 0 spiro atoms. The molecule has 0 unspecified atom stereocenters. The summed E-state index contributed by atoms with van der Waals surface area (Å²) in [6.07, 6.45) is 1.40. The number of methoxy groups -OCH3 is 1. The Hall–Kier alpha value is -5.15. The summed E-state index contributed by atoms with van der Waals surface area (Å²) < 4.78 is 5.60. The number of anilines is 1. The van der Waals surface area contributed by atoms with E-state index in [-0.39, 0.29) is 11.1 Å². The zero-order valence-corrected chi connectivity index (χ0v) is 19.9. The van der Waals surface area contributed by atoms with Crippen LogP contribution in [0.1, 0.15) is 26.3 Å². The van der Waals surface area contributed by atoms with Crippen molar-refractivity contribution in [3.05, 3.63) is 131 Å². The van der Waals surface area contributed by atoms with Crippen LogP contribution in [-0.2, 0) is 0 Å². The minimum atomic E-state index is -0.983. The van der Waals surface area contributed by atoms with Gasteiger partial charge >= 0.3 is 11.9 Å². The van der Waals surface area contributed by atoms with Crippen LogP contribution in [0.4, 0.5) is 11.4 Å². The molecule has 0 aliphatic carbocycles. The maximum Gasteiger partial charge on any atom is 0.335 e. The summed E-state index contributed by atoms with van der Waals surface area (Å²) in [5.74, 6) is -1.24. The Morgan fingerprint density at radius 1 is 0.757 bits per heavy atom. The summed E-state index contributed by atoms with van der Waals surface area (Å²) in [5.41, 5.74) is 4.39. The van der Waals surface area contributed by atoms with Crippen LogP contribution in [0.5, 0.6) is 5.75 Å². The molecule has 37 heavy (non-hydrogen) atoms. The molecule has 4 aromatic rings. The second-order valence-corrected chi connectivity index (χ2v) is 7.23. The number of carboxylic acids is 2. The average molecular weight is 503 g/mol. The largest absolute Gasteiger partial charge is 0.618 e. The van der Waals surface area contributed by atoms with Crippen LogP contribution < -0.4 is 10.2 Å². The fourth-order valence-corrected chi connectivity index (χ4v) is 2.74. The van der Waals surface area contributed by atoms with Crippen LogP contribution in [-0.4, -0.2) is 45.4 Å². The Labute approximate surface area is 213 Å². The van der Waals surface area contributed by atoms with E-state index in [1.54, 1.807) is 60.7 Å². The van der Waals surface area contributed by atoms with Crippen LogP contribution in [0.2, 0.25) is 0 Å². The Balaban J connectivity index is 0.000000215. The van der Waals surface area contributed by atoms with Crippen LogP contribution in [0.25, 0.3) is 0 Å². The minimum absolute atomic E-state index is 0.198. The predicted molar refractivity (Wildman–Crippen MR) is 140 cm³/mol. The summed E-state index contributed by atoms with van der Waals surface area (Å²) in [6, 6.07) is 30.3. The minimum Gasteiger partial charge on any atom is -0.618 e. The first-order chi connectivity index (χ1) is 17.8. The van der Waals surface area contributed by atoms with Gasteiger partial charge in [0, 0.05) is 17.7 Å². The number of ether oxygens (including phenoxy) is 1. The molecule has 9 heteroatoms. The van der Waals surface area contributed by atoms with Crippen molar-refractivity contribution in [3.8, 4) is 5.75 Å². The summed E-state index contributed by atoms with van der Waals surface area (Å²) in [7, 11) is 1.54. The van der Waals surface area contributed by atoms with E-state index in [9.17, 15) is 14.8 Å². The van der Waals surface area contributed by atoms with Crippen molar-refractivity contribution < 1.29 is 34.5 Å². The quantitative estimate of drug-likeness (QED) is 0.117. The molecular weight excluding hydrogens is 476 g/mol. The molecule has 0 saturated heterocycles. The molecule has 4 N–H and O–H groups in total. The first kappa shape index (κ1) is 28.1. The van der Waals surface area contributed by atoms with Crippen molar-refractivity contribution in [1.82, 2.24) is 0 Å². The van der Waals surface area contributed by atoms with Crippen LogP contribution in [0, 0.1) is 5.21 Å². The first-order valence-electron chi connectivity index (χ1n) is 10.9. The van der Waals surface area contributed by atoms with Gasteiger partial charge in [-0.15, -0.1) is 0 Å². The highest BCUT2D eigenvalue weighted by Gasteiger charge is 2.04. The summed E-state index contributed by atoms with van der Waals surface area (Å²) in [6.45, 7) is 0. The molecule has 190 valence electrons. The molecule has 0 aromatic heterocycles. The van der Waals surface area contributed by atoms with Gasteiger partial charge in [0.05, 0.1) is 23.9 Å². The van der Waals surface area contributed by atoms with Gasteiger partial charge in [0.15, 0.2) is 6.21 Å². The van der Waals surface area contributed by atoms with Gasteiger partial charge in [-0.2, -0.15) is 4.74 Å². The third-order valence-electron chi connectivity index (χ3n) is 4.67. The number of nitrogens with one attached hydrogen (secondary N) is 1. The van der Waals surface area contributed by atoms with Crippen LogP contribution >= 0.6 is 0 Å². The summed E-state index contributed by atoms with van der Waals surface area (Å²) >= 11 is 0. The van der Waals surface area contributed by atoms with E-state index < -0.39 is 11.9 Å². The maximum atomic E-state index is 11.8. The highest BCUT2D eigenvalue weighted by atomic mass is 16.5. The molecule has 9 nitrogen and oxygen atoms in total. The zero-order chi connectivity index (χ0) is 27.0. The molecule has 0 heterocycles. The molecule has 0 atom stereocenters. The van der Waals surface area contributed by atoms with E-state index in [1.807, 2.05) is 29.7 Å². The molecule has 0 radical (unpaired) electrons. The monoisotopic (exact) mass is 502 g/mol. The van der Waals surface area contributed by atoms with E-state index in [0.717, 1.165) is 4.74 Å².